The molecule has 0 spiro atoms. The number of aromatic nitrogens is 3. The topological polar surface area (TPSA) is 55.2 Å². The zero-order valence-corrected chi connectivity index (χ0v) is 13.4. The lowest BCUT2D eigenvalue weighted by atomic mass is 10.1. The molecule has 6 heteroatoms. The van der Waals surface area contributed by atoms with Crippen LogP contribution in [0.5, 0.6) is 0 Å². The first-order valence-corrected chi connectivity index (χ1v) is 7.70. The molecule has 2 aromatic rings. The maximum Gasteiger partial charge on any atom is 0.0774 e. The molecule has 1 N–H and O–H groups in total. The van der Waals surface area contributed by atoms with Crippen LogP contribution in [0, 0.1) is 0 Å². The predicted octanol–water partition coefficient (Wildman–Crippen LogP) is 2.04. The highest BCUT2D eigenvalue weighted by Crippen LogP contribution is 2.28. The number of benzene rings is 1. The number of hydrogen-bond donors (Lipinski definition) is 1. The standard InChI is InChI=1S/C16H23N5O/c1-12-10-21(11-13(2)22-12)16-7-5-4-6-15(16)17-8-14-9-18-19-20(14)3/h4-7,9,12-13,17H,8,10-11H2,1-3H3. The van der Waals surface area contributed by atoms with Gasteiger partial charge in [-0.05, 0) is 26.0 Å². The Bertz CT molecular complexity index is 617. The molecule has 2 unspecified atom stereocenters. The van der Waals surface area contributed by atoms with Crippen molar-refractivity contribution in [2.45, 2.75) is 32.6 Å². The van der Waals surface area contributed by atoms with Crippen molar-refractivity contribution in [1.82, 2.24) is 15.0 Å². The molecular weight excluding hydrogens is 278 g/mol. The van der Waals surface area contributed by atoms with Crippen LogP contribution in [0.25, 0.3) is 0 Å². The average Bonchev–Trinajstić information content (AvgIpc) is 2.90. The predicted molar refractivity (Wildman–Crippen MR) is 87.0 cm³/mol. The second-order valence-electron chi connectivity index (χ2n) is 5.88. The summed E-state index contributed by atoms with van der Waals surface area (Å²) in [6, 6.07) is 8.41. The maximum absolute atomic E-state index is 5.83. The first kappa shape index (κ1) is 14.8. The number of anilines is 2. The Hall–Kier alpha value is -2.08. The Morgan fingerprint density at radius 1 is 1.23 bits per heavy atom. The summed E-state index contributed by atoms with van der Waals surface area (Å²) in [6.07, 6.45) is 2.28. The second kappa shape index (κ2) is 6.36. The summed E-state index contributed by atoms with van der Waals surface area (Å²) in [7, 11) is 1.90. The van der Waals surface area contributed by atoms with Gasteiger partial charge in [-0.2, -0.15) is 0 Å². The lowest BCUT2D eigenvalue weighted by Gasteiger charge is -2.37. The first-order valence-electron chi connectivity index (χ1n) is 7.70. The Kier molecular flexibility index (Phi) is 4.29. The van der Waals surface area contributed by atoms with E-state index in [1.54, 1.807) is 10.9 Å². The molecular formula is C16H23N5O. The second-order valence-corrected chi connectivity index (χ2v) is 5.88. The van der Waals surface area contributed by atoms with Gasteiger partial charge in [-0.25, -0.2) is 0 Å². The molecule has 0 radical (unpaired) electrons. The van der Waals surface area contributed by atoms with Crippen molar-refractivity contribution in [1.29, 1.82) is 0 Å². The van der Waals surface area contributed by atoms with E-state index >= 15 is 0 Å². The third kappa shape index (κ3) is 3.22. The number of nitrogens with one attached hydrogen (secondary N) is 1. The number of nitrogens with zero attached hydrogens (tertiary/aromatic N) is 4. The van der Waals surface area contributed by atoms with Gasteiger partial charge >= 0.3 is 0 Å². The Balaban J connectivity index is 1.76. The highest BCUT2D eigenvalue weighted by Gasteiger charge is 2.23. The van der Waals surface area contributed by atoms with Crippen LogP contribution in [0.3, 0.4) is 0 Å². The molecule has 6 nitrogen and oxygen atoms in total. The van der Waals surface area contributed by atoms with E-state index in [9.17, 15) is 0 Å². The molecule has 22 heavy (non-hydrogen) atoms. The summed E-state index contributed by atoms with van der Waals surface area (Å²) < 4.78 is 7.62. The first-order chi connectivity index (χ1) is 10.6. The maximum atomic E-state index is 5.83. The molecule has 1 fully saturated rings. The van der Waals surface area contributed by atoms with Crippen molar-refractivity contribution >= 4 is 11.4 Å². The van der Waals surface area contributed by atoms with Crippen LogP contribution >= 0.6 is 0 Å². The largest absolute Gasteiger partial charge is 0.378 e. The van der Waals surface area contributed by atoms with E-state index < -0.39 is 0 Å². The van der Waals surface area contributed by atoms with E-state index in [1.165, 1.54) is 5.69 Å². The van der Waals surface area contributed by atoms with Crippen LogP contribution in [-0.2, 0) is 18.3 Å². The minimum absolute atomic E-state index is 0.248. The molecule has 0 aliphatic carbocycles. The summed E-state index contributed by atoms with van der Waals surface area (Å²) >= 11 is 0. The van der Waals surface area contributed by atoms with Gasteiger partial charge in [-0.1, -0.05) is 17.3 Å². The summed E-state index contributed by atoms with van der Waals surface area (Å²) in [5, 5.41) is 11.4. The minimum Gasteiger partial charge on any atom is -0.378 e. The van der Waals surface area contributed by atoms with Crippen LogP contribution < -0.4 is 10.2 Å². The zero-order valence-electron chi connectivity index (χ0n) is 13.4. The quantitative estimate of drug-likeness (QED) is 0.936. The third-order valence-corrected chi connectivity index (χ3v) is 3.93. The fraction of sp³-hybridized carbons (Fsp3) is 0.500. The highest BCUT2D eigenvalue weighted by atomic mass is 16.5. The number of morpholine rings is 1. The van der Waals surface area contributed by atoms with Crippen LogP contribution in [0.1, 0.15) is 19.5 Å². The van der Waals surface area contributed by atoms with Crippen molar-refractivity contribution in [3.05, 3.63) is 36.2 Å². The van der Waals surface area contributed by atoms with E-state index in [2.05, 4.69) is 58.6 Å². The van der Waals surface area contributed by atoms with Crippen molar-refractivity contribution < 1.29 is 4.74 Å². The fourth-order valence-electron chi connectivity index (χ4n) is 2.93. The lowest BCUT2D eigenvalue weighted by molar-refractivity contribution is -0.00517. The molecule has 1 aliphatic heterocycles. The average molecular weight is 301 g/mol. The number of ether oxygens (including phenoxy) is 1. The van der Waals surface area contributed by atoms with E-state index in [0.29, 0.717) is 6.54 Å². The van der Waals surface area contributed by atoms with Gasteiger partial charge in [0.05, 0.1) is 42.0 Å². The number of rotatable bonds is 4. The molecule has 0 bridgehead atoms. The SMILES string of the molecule is CC1CN(c2ccccc2NCc2cnnn2C)CC(C)O1. The summed E-state index contributed by atoms with van der Waals surface area (Å²) in [5.41, 5.74) is 3.41. The third-order valence-electron chi connectivity index (χ3n) is 3.93. The Morgan fingerprint density at radius 2 is 1.95 bits per heavy atom. The van der Waals surface area contributed by atoms with Gasteiger partial charge < -0.3 is 15.0 Å². The molecule has 2 atom stereocenters. The van der Waals surface area contributed by atoms with Gasteiger partial charge in [0.25, 0.3) is 0 Å². The molecule has 2 heterocycles. The van der Waals surface area contributed by atoms with Gasteiger partial charge in [0.15, 0.2) is 0 Å². The van der Waals surface area contributed by atoms with Gasteiger partial charge in [-0.3, -0.25) is 4.68 Å². The van der Waals surface area contributed by atoms with Crippen molar-refractivity contribution in [2.75, 3.05) is 23.3 Å². The normalized spacial score (nSPS) is 21.9. The number of para-hydroxylation sites is 2. The molecule has 0 saturated carbocycles. The summed E-state index contributed by atoms with van der Waals surface area (Å²) in [4.78, 5) is 2.39. The van der Waals surface area contributed by atoms with Crippen molar-refractivity contribution in [3.8, 4) is 0 Å². The van der Waals surface area contributed by atoms with E-state index in [-0.39, 0.29) is 12.2 Å². The van der Waals surface area contributed by atoms with Gasteiger partial charge in [0.2, 0.25) is 0 Å². The van der Waals surface area contributed by atoms with Gasteiger partial charge in [-0.15, -0.1) is 5.10 Å². The monoisotopic (exact) mass is 301 g/mol. The van der Waals surface area contributed by atoms with Crippen LogP contribution in [-0.4, -0.2) is 40.3 Å². The Morgan fingerprint density at radius 3 is 2.64 bits per heavy atom. The highest BCUT2D eigenvalue weighted by molar-refractivity contribution is 5.70. The van der Waals surface area contributed by atoms with Crippen molar-refractivity contribution in [2.24, 2.45) is 7.05 Å². The van der Waals surface area contributed by atoms with Crippen molar-refractivity contribution in [3.63, 3.8) is 0 Å². The number of hydrogen-bond acceptors (Lipinski definition) is 5. The van der Waals surface area contributed by atoms with Gasteiger partial charge in [0, 0.05) is 20.1 Å². The molecule has 0 amide bonds. The van der Waals surface area contributed by atoms with Gasteiger partial charge in [0.1, 0.15) is 0 Å². The number of aryl methyl sites for hydroxylation is 1. The van der Waals surface area contributed by atoms with E-state index in [1.807, 2.05) is 7.05 Å². The smallest absolute Gasteiger partial charge is 0.0774 e. The van der Waals surface area contributed by atoms with Crippen LogP contribution in [0.4, 0.5) is 11.4 Å². The molecule has 1 aromatic carbocycles. The molecule has 1 saturated heterocycles. The van der Waals surface area contributed by atoms with Crippen LogP contribution in [0.15, 0.2) is 30.5 Å². The van der Waals surface area contributed by atoms with E-state index in [4.69, 9.17) is 4.74 Å². The fourth-order valence-corrected chi connectivity index (χ4v) is 2.93. The zero-order chi connectivity index (χ0) is 15.5. The summed E-state index contributed by atoms with van der Waals surface area (Å²) in [6.45, 7) is 6.78. The molecule has 1 aromatic heterocycles. The van der Waals surface area contributed by atoms with E-state index in [0.717, 1.165) is 24.5 Å². The summed E-state index contributed by atoms with van der Waals surface area (Å²) in [5.74, 6) is 0. The van der Waals surface area contributed by atoms with Crippen LogP contribution in [0.2, 0.25) is 0 Å². The molecule has 118 valence electrons. The molecule has 3 rings (SSSR count). The lowest BCUT2D eigenvalue weighted by Crippen LogP contribution is -2.45. The Labute approximate surface area is 131 Å². The molecule has 1 aliphatic rings. The minimum atomic E-state index is 0.248.